The van der Waals surface area contributed by atoms with E-state index >= 15 is 0 Å². The third-order valence-electron chi connectivity index (χ3n) is 2.50. The van der Waals surface area contributed by atoms with E-state index in [9.17, 15) is 4.79 Å². The Bertz CT molecular complexity index is 595. The first-order chi connectivity index (χ1) is 8.97. The Labute approximate surface area is 114 Å². The Balaban J connectivity index is 2.32. The second kappa shape index (κ2) is 5.15. The number of nitrogens with zero attached hydrogens (tertiary/aromatic N) is 2. The summed E-state index contributed by atoms with van der Waals surface area (Å²) in [5, 5.41) is 8.40. The number of aromatic carboxylic acids is 1. The summed E-state index contributed by atoms with van der Waals surface area (Å²) < 4.78 is 0. The van der Waals surface area contributed by atoms with Crippen molar-refractivity contribution in [2.75, 3.05) is 11.5 Å². The van der Waals surface area contributed by atoms with E-state index in [1.807, 2.05) is 0 Å². The molecule has 1 aromatic heterocycles. The number of hydrogen-bond acceptors (Lipinski definition) is 6. The van der Waals surface area contributed by atoms with Gasteiger partial charge in [0.25, 0.3) is 0 Å². The number of nitrogen functional groups attached to an aromatic ring is 2. The highest BCUT2D eigenvalue weighted by molar-refractivity contribution is 7.80. The molecular formula is C12H12N4O2S. The van der Waals surface area contributed by atoms with Gasteiger partial charge in [0.05, 0.1) is 10.8 Å². The molecule has 0 spiro atoms. The molecule has 1 aromatic carbocycles. The van der Waals surface area contributed by atoms with Crippen molar-refractivity contribution in [1.29, 1.82) is 0 Å². The maximum atomic E-state index is 10.8. The lowest BCUT2D eigenvalue weighted by Crippen LogP contribution is -2.06. The molecule has 1 heterocycles. The molecule has 0 fully saturated rings. The van der Waals surface area contributed by atoms with E-state index in [-0.39, 0.29) is 17.2 Å². The minimum absolute atomic E-state index is 0.206. The molecule has 0 aliphatic heterocycles. The van der Waals surface area contributed by atoms with Crippen molar-refractivity contribution in [3.8, 4) is 0 Å². The molecule has 0 bridgehead atoms. The number of thiol groups is 1. The van der Waals surface area contributed by atoms with Crippen molar-refractivity contribution in [3.63, 3.8) is 0 Å². The van der Waals surface area contributed by atoms with Crippen LogP contribution in [0.4, 0.5) is 11.6 Å². The predicted molar refractivity (Wildman–Crippen MR) is 75.1 cm³/mol. The van der Waals surface area contributed by atoms with Crippen LogP contribution in [0.5, 0.6) is 0 Å². The first-order valence-electron chi connectivity index (χ1n) is 5.38. The Morgan fingerprint density at radius 1 is 1.16 bits per heavy atom. The zero-order valence-corrected chi connectivity index (χ0v) is 10.7. The highest BCUT2D eigenvalue weighted by Crippen LogP contribution is 2.26. The van der Waals surface area contributed by atoms with Crippen LogP contribution in [0, 0.1) is 0 Å². The third kappa shape index (κ3) is 2.94. The van der Waals surface area contributed by atoms with E-state index < -0.39 is 11.2 Å². The SMILES string of the molecule is Nc1cc(N)nc(C(S)c2ccc(C(=O)O)cc2)n1. The maximum absolute atomic E-state index is 10.8. The molecule has 2 aromatic rings. The van der Waals surface area contributed by atoms with Crippen LogP contribution < -0.4 is 11.5 Å². The van der Waals surface area contributed by atoms with E-state index in [1.54, 1.807) is 12.1 Å². The average molecular weight is 276 g/mol. The van der Waals surface area contributed by atoms with Gasteiger partial charge in [-0.3, -0.25) is 0 Å². The van der Waals surface area contributed by atoms with Crippen molar-refractivity contribution >= 4 is 30.2 Å². The van der Waals surface area contributed by atoms with Gasteiger partial charge in [0.2, 0.25) is 0 Å². The molecule has 0 saturated heterocycles. The average Bonchev–Trinajstić information content (AvgIpc) is 2.37. The second-order valence-corrected chi connectivity index (χ2v) is 4.42. The van der Waals surface area contributed by atoms with Crippen molar-refractivity contribution in [2.45, 2.75) is 5.25 Å². The van der Waals surface area contributed by atoms with E-state index in [0.29, 0.717) is 5.82 Å². The minimum Gasteiger partial charge on any atom is -0.478 e. The minimum atomic E-state index is -0.980. The quantitative estimate of drug-likeness (QED) is 0.629. The van der Waals surface area contributed by atoms with Crippen molar-refractivity contribution < 1.29 is 9.90 Å². The van der Waals surface area contributed by atoms with Gasteiger partial charge in [-0.05, 0) is 17.7 Å². The summed E-state index contributed by atoms with van der Waals surface area (Å²) in [6, 6.07) is 7.76. The molecule has 0 aliphatic carbocycles. The summed E-state index contributed by atoms with van der Waals surface area (Å²) in [7, 11) is 0. The van der Waals surface area contributed by atoms with Crippen LogP contribution in [0.1, 0.15) is 27.0 Å². The fraction of sp³-hybridized carbons (Fsp3) is 0.0833. The summed E-state index contributed by atoms with van der Waals surface area (Å²) in [6.07, 6.45) is 0. The van der Waals surface area contributed by atoms with Gasteiger partial charge in [-0.15, -0.1) is 0 Å². The lowest BCUT2D eigenvalue weighted by Gasteiger charge is -2.11. The zero-order chi connectivity index (χ0) is 14.0. The monoisotopic (exact) mass is 276 g/mol. The van der Waals surface area contributed by atoms with E-state index in [1.165, 1.54) is 18.2 Å². The Kier molecular flexibility index (Phi) is 3.57. The largest absolute Gasteiger partial charge is 0.478 e. The highest BCUT2D eigenvalue weighted by atomic mass is 32.1. The van der Waals surface area contributed by atoms with Gasteiger partial charge in [0.1, 0.15) is 17.5 Å². The van der Waals surface area contributed by atoms with Crippen LogP contribution in [0.2, 0.25) is 0 Å². The van der Waals surface area contributed by atoms with Crippen LogP contribution in [0.3, 0.4) is 0 Å². The Hall–Kier alpha value is -2.28. The zero-order valence-electron chi connectivity index (χ0n) is 9.82. The molecular weight excluding hydrogens is 264 g/mol. The van der Waals surface area contributed by atoms with Crippen molar-refractivity contribution in [2.24, 2.45) is 0 Å². The van der Waals surface area contributed by atoms with Crippen LogP contribution in [-0.2, 0) is 0 Å². The van der Waals surface area contributed by atoms with Crippen LogP contribution >= 0.6 is 12.6 Å². The fourth-order valence-corrected chi connectivity index (χ4v) is 1.87. The molecule has 7 heteroatoms. The number of anilines is 2. The van der Waals surface area contributed by atoms with E-state index in [4.69, 9.17) is 16.6 Å². The van der Waals surface area contributed by atoms with Gasteiger partial charge in [-0.25, -0.2) is 14.8 Å². The first-order valence-corrected chi connectivity index (χ1v) is 5.90. The second-order valence-electron chi connectivity index (χ2n) is 3.91. The number of carbonyl (C=O) groups is 1. The number of carboxylic acid groups (broad SMARTS) is 1. The molecule has 0 saturated carbocycles. The summed E-state index contributed by atoms with van der Waals surface area (Å²) in [6.45, 7) is 0. The summed E-state index contributed by atoms with van der Waals surface area (Å²) >= 11 is 4.41. The normalized spacial score (nSPS) is 12.1. The van der Waals surface area contributed by atoms with Gasteiger partial charge >= 0.3 is 5.97 Å². The number of carboxylic acids is 1. The molecule has 1 atom stereocenters. The Morgan fingerprint density at radius 2 is 1.68 bits per heavy atom. The Morgan fingerprint density at radius 3 is 2.16 bits per heavy atom. The maximum Gasteiger partial charge on any atom is 0.335 e. The van der Waals surface area contributed by atoms with E-state index in [0.717, 1.165) is 5.56 Å². The smallest absolute Gasteiger partial charge is 0.335 e. The number of hydrogen-bond donors (Lipinski definition) is 4. The molecule has 19 heavy (non-hydrogen) atoms. The molecule has 5 N–H and O–H groups in total. The first kappa shape index (κ1) is 13.2. The standard InChI is InChI=1S/C12H12N4O2S/c13-8-5-9(14)16-11(15-8)10(19)6-1-3-7(4-2-6)12(17)18/h1-5,10,19H,(H,17,18)(H4,13,14,15,16). The number of aromatic nitrogens is 2. The van der Waals surface area contributed by atoms with Gasteiger partial charge in [-0.1, -0.05) is 12.1 Å². The van der Waals surface area contributed by atoms with Crippen LogP contribution in [0.25, 0.3) is 0 Å². The van der Waals surface area contributed by atoms with Gasteiger partial charge in [0.15, 0.2) is 0 Å². The molecule has 0 radical (unpaired) electrons. The highest BCUT2D eigenvalue weighted by Gasteiger charge is 2.14. The lowest BCUT2D eigenvalue weighted by atomic mass is 10.1. The lowest BCUT2D eigenvalue weighted by molar-refractivity contribution is 0.0697. The van der Waals surface area contributed by atoms with E-state index in [2.05, 4.69) is 22.6 Å². The predicted octanol–water partition coefficient (Wildman–Crippen LogP) is 1.36. The van der Waals surface area contributed by atoms with Crippen LogP contribution in [-0.4, -0.2) is 21.0 Å². The summed E-state index contributed by atoms with van der Waals surface area (Å²) in [5.41, 5.74) is 12.2. The molecule has 98 valence electrons. The third-order valence-corrected chi connectivity index (χ3v) is 3.03. The number of nitrogens with two attached hydrogens (primary N) is 2. The fourth-order valence-electron chi connectivity index (χ4n) is 1.58. The molecule has 1 unspecified atom stereocenters. The topological polar surface area (TPSA) is 115 Å². The van der Waals surface area contributed by atoms with Crippen molar-refractivity contribution in [3.05, 3.63) is 47.3 Å². The molecule has 0 aliphatic rings. The van der Waals surface area contributed by atoms with Crippen LogP contribution in [0.15, 0.2) is 30.3 Å². The molecule has 0 amide bonds. The molecule has 2 rings (SSSR count). The molecule has 6 nitrogen and oxygen atoms in total. The van der Waals surface area contributed by atoms with Gasteiger partial charge in [0, 0.05) is 6.07 Å². The number of rotatable bonds is 3. The summed E-state index contributed by atoms with van der Waals surface area (Å²) in [5.74, 6) is -0.0666. The van der Waals surface area contributed by atoms with Gasteiger partial charge < -0.3 is 16.6 Å². The summed E-state index contributed by atoms with van der Waals surface area (Å²) in [4.78, 5) is 18.9. The van der Waals surface area contributed by atoms with Crippen molar-refractivity contribution in [1.82, 2.24) is 9.97 Å². The van der Waals surface area contributed by atoms with Gasteiger partial charge in [-0.2, -0.15) is 12.6 Å². The number of benzene rings is 1.